The van der Waals surface area contributed by atoms with E-state index in [1.807, 2.05) is 24.3 Å². The van der Waals surface area contributed by atoms with Crippen molar-refractivity contribution in [3.8, 4) is 11.5 Å². The SMILES string of the molecule is C=CCNC(=O)c1ccccc1N1CCC(NC(=O)c2ccc(OC)c(OC)c2)CC1. The van der Waals surface area contributed by atoms with Gasteiger partial charge in [0.25, 0.3) is 11.8 Å². The second-order valence-corrected chi connectivity index (χ2v) is 7.32. The largest absolute Gasteiger partial charge is 0.493 e. The van der Waals surface area contributed by atoms with Crippen LogP contribution < -0.4 is 25.0 Å². The molecule has 2 aromatic carbocycles. The number of nitrogens with one attached hydrogen (secondary N) is 2. The van der Waals surface area contributed by atoms with Gasteiger partial charge >= 0.3 is 0 Å². The lowest BCUT2D eigenvalue weighted by Gasteiger charge is -2.35. The van der Waals surface area contributed by atoms with Crippen molar-refractivity contribution in [3.05, 3.63) is 66.2 Å². The number of carbonyl (C=O) groups excluding carboxylic acids is 2. The average molecular weight is 424 g/mol. The zero-order valence-electron chi connectivity index (χ0n) is 18.0. The summed E-state index contributed by atoms with van der Waals surface area (Å²) >= 11 is 0. The van der Waals surface area contributed by atoms with Crippen LogP contribution in [-0.4, -0.2) is 51.7 Å². The first-order chi connectivity index (χ1) is 15.1. The van der Waals surface area contributed by atoms with E-state index in [0.29, 0.717) is 29.2 Å². The van der Waals surface area contributed by atoms with Crippen LogP contribution in [-0.2, 0) is 0 Å². The Kier molecular flexibility index (Phi) is 7.54. The van der Waals surface area contributed by atoms with Crippen LogP contribution in [0.2, 0.25) is 0 Å². The van der Waals surface area contributed by atoms with Gasteiger partial charge in [0, 0.05) is 36.9 Å². The van der Waals surface area contributed by atoms with Crippen molar-refractivity contribution < 1.29 is 19.1 Å². The maximum Gasteiger partial charge on any atom is 0.253 e. The second-order valence-electron chi connectivity index (χ2n) is 7.32. The summed E-state index contributed by atoms with van der Waals surface area (Å²) < 4.78 is 10.5. The molecule has 0 spiro atoms. The molecule has 1 fully saturated rings. The number of methoxy groups -OCH3 is 2. The Morgan fingerprint density at radius 1 is 1.06 bits per heavy atom. The molecule has 1 aliphatic rings. The Bertz CT molecular complexity index is 936. The van der Waals surface area contributed by atoms with E-state index in [0.717, 1.165) is 31.6 Å². The maximum atomic E-state index is 12.7. The molecule has 2 amide bonds. The van der Waals surface area contributed by atoms with Crippen molar-refractivity contribution in [1.29, 1.82) is 0 Å². The van der Waals surface area contributed by atoms with Gasteiger partial charge in [0.05, 0.1) is 19.8 Å². The highest BCUT2D eigenvalue weighted by Gasteiger charge is 2.24. The van der Waals surface area contributed by atoms with E-state index in [-0.39, 0.29) is 17.9 Å². The number of benzene rings is 2. The van der Waals surface area contributed by atoms with Gasteiger partial charge in [-0.25, -0.2) is 0 Å². The highest BCUT2D eigenvalue weighted by atomic mass is 16.5. The number of nitrogens with zero attached hydrogens (tertiary/aromatic N) is 1. The van der Waals surface area contributed by atoms with Gasteiger partial charge in [0.15, 0.2) is 11.5 Å². The molecule has 31 heavy (non-hydrogen) atoms. The van der Waals surface area contributed by atoms with Gasteiger partial charge < -0.3 is 25.0 Å². The lowest BCUT2D eigenvalue weighted by atomic mass is 10.0. The van der Waals surface area contributed by atoms with E-state index in [1.165, 1.54) is 0 Å². The van der Waals surface area contributed by atoms with E-state index in [2.05, 4.69) is 22.1 Å². The monoisotopic (exact) mass is 423 g/mol. The van der Waals surface area contributed by atoms with Crippen molar-refractivity contribution >= 4 is 17.5 Å². The molecule has 7 heteroatoms. The van der Waals surface area contributed by atoms with Crippen LogP contribution >= 0.6 is 0 Å². The fraction of sp³-hybridized carbons (Fsp3) is 0.333. The van der Waals surface area contributed by atoms with Gasteiger partial charge in [-0.3, -0.25) is 9.59 Å². The van der Waals surface area contributed by atoms with E-state index in [4.69, 9.17) is 9.47 Å². The van der Waals surface area contributed by atoms with Gasteiger partial charge in [-0.2, -0.15) is 0 Å². The minimum atomic E-state index is -0.136. The summed E-state index contributed by atoms with van der Waals surface area (Å²) in [5, 5.41) is 5.95. The van der Waals surface area contributed by atoms with Gasteiger partial charge in [0.1, 0.15) is 0 Å². The molecule has 1 heterocycles. The predicted molar refractivity (Wildman–Crippen MR) is 121 cm³/mol. The van der Waals surface area contributed by atoms with E-state index < -0.39 is 0 Å². The zero-order chi connectivity index (χ0) is 22.2. The van der Waals surface area contributed by atoms with Crippen LogP contribution in [0.1, 0.15) is 33.6 Å². The number of carbonyl (C=O) groups is 2. The third-order valence-corrected chi connectivity index (χ3v) is 5.37. The molecule has 0 aromatic heterocycles. The predicted octanol–water partition coefficient (Wildman–Crippen LogP) is 3.02. The standard InChI is InChI=1S/C24H29N3O4/c1-4-13-25-24(29)19-7-5-6-8-20(19)27-14-11-18(12-15-27)26-23(28)17-9-10-21(30-2)22(16-17)31-3/h4-10,16,18H,1,11-15H2,2-3H3,(H,25,29)(H,26,28). The Hall–Kier alpha value is -3.48. The summed E-state index contributed by atoms with van der Waals surface area (Å²) in [7, 11) is 3.11. The molecule has 3 rings (SSSR count). The number of piperidine rings is 1. The molecule has 1 saturated heterocycles. The smallest absolute Gasteiger partial charge is 0.253 e. The van der Waals surface area contributed by atoms with Crippen LogP contribution in [0.5, 0.6) is 11.5 Å². The molecule has 0 saturated carbocycles. The molecule has 0 radical (unpaired) electrons. The van der Waals surface area contributed by atoms with Crippen molar-refractivity contribution in [2.24, 2.45) is 0 Å². The molecule has 0 aliphatic carbocycles. The number of hydrogen-bond acceptors (Lipinski definition) is 5. The number of para-hydroxylation sites is 1. The van der Waals surface area contributed by atoms with Crippen molar-refractivity contribution in [2.45, 2.75) is 18.9 Å². The molecule has 164 valence electrons. The van der Waals surface area contributed by atoms with E-state index >= 15 is 0 Å². The number of ether oxygens (including phenoxy) is 2. The molecule has 1 aliphatic heterocycles. The molecule has 0 atom stereocenters. The fourth-order valence-electron chi connectivity index (χ4n) is 3.71. The lowest BCUT2D eigenvalue weighted by Crippen LogP contribution is -2.45. The highest BCUT2D eigenvalue weighted by Crippen LogP contribution is 2.28. The summed E-state index contributed by atoms with van der Waals surface area (Å²) in [6, 6.07) is 12.8. The zero-order valence-corrected chi connectivity index (χ0v) is 18.0. The summed E-state index contributed by atoms with van der Waals surface area (Å²) in [5.41, 5.74) is 2.09. The van der Waals surface area contributed by atoms with Crippen LogP contribution in [0.3, 0.4) is 0 Å². The van der Waals surface area contributed by atoms with Crippen LogP contribution in [0.15, 0.2) is 55.1 Å². The summed E-state index contributed by atoms with van der Waals surface area (Å²) in [5.74, 6) is 0.863. The number of amides is 2. The molecular formula is C24H29N3O4. The van der Waals surface area contributed by atoms with Gasteiger partial charge in [-0.1, -0.05) is 18.2 Å². The first-order valence-electron chi connectivity index (χ1n) is 10.3. The first kappa shape index (κ1) is 22.2. The highest BCUT2D eigenvalue weighted by molar-refractivity contribution is 6.00. The molecular weight excluding hydrogens is 394 g/mol. The van der Waals surface area contributed by atoms with Crippen molar-refractivity contribution in [2.75, 3.05) is 38.8 Å². The normalized spacial score (nSPS) is 13.9. The molecule has 0 bridgehead atoms. The third-order valence-electron chi connectivity index (χ3n) is 5.37. The number of hydrogen-bond donors (Lipinski definition) is 2. The molecule has 7 nitrogen and oxygen atoms in total. The summed E-state index contributed by atoms with van der Waals surface area (Å²) in [4.78, 5) is 27.4. The fourth-order valence-corrected chi connectivity index (χ4v) is 3.71. The van der Waals surface area contributed by atoms with Crippen LogP contribution in [0, 0.1) is 0 Å². The molecule has 2 aromatic rings. The van der Waals surface area contributed by atoms with Gasteiger partial charge in [-0.05, 0) is 43.2 Å². The van der Waals surface area contributed by atoms with Gasteiger partial charge in [0.2, 0.25) is 0 Å². The quantitative estimate of drug-likeness (QED) is 0.638. The average Bonchev–Trinajstić information content (AvgIpc) is 2.82. The van der Waals surface area contributed by atoms with Crippen LogP contribution in [0.25, 0.3) is 0 Å². The Morgan fingerprint density at radius 2 is 1.77 bits per heavy atom. The Balaban J connectivity index is 1.61. The first-order valence-corrected chi connectivity index (χ1v) is 10.3. The minimum Gasteiger partial charge on any atom is -0.493 e. The van der Waals surface area contributed by atoms with Crippen molar-refractivity contribution in [3.63, 3.8) is 0 Å². The Labute approximate surface area is 183 Å². The lowest BCUT2D eigenvalue weighted by molar-refractivity contribution is 0.0929. The Morgan fingerprint density at radius 3 is 2.45 bits per heavy atom. The summed E-state index contributed by atoms with van der Waals surface area (Å²) in [6.07, 6.45) is 3.25. The van der Waals surface area contributed by atoms with E-state index in [1.54, 1.807) is 38.5 Å². The summed E-state index contributed by atoms with van der Waals surface area (Å²) in [6.45, 7) is 5.57. The molecule has 2 N–H and O–H groups in total. The van der Waals surface area contributed by atoms with E-state index in [9.17, 15) is 9.59 Å². The van der Waals surface area contributed by atoms with Crippen molar-refractivity contribution in [1.82, 2.24) is 10.6 Å². The second kappa shape index (κ2) is 10.5. The van der Waals surface area contributed by atoms with Crippen LogP contribution in [0.4, 0.5) is 5.69 Å². The minimum absolute atomic E-state index is 0.0681. The third kappa shape index (κ3) is 5.36. The maximum absolute atomic E-state index is 12.7. The molecule has 0 unspecified atom stereocenters. The number of anilines is 1. The van der Waals surface area contributed by atoms with Gasteiger partial charge in [-0.15, -0.1) is 6.58 Å². The number of rotatable bonds is 8. The topological polar surface area (TPSA) is 79.9 Å².